The molecule has 136 valence electrons. The number of hydrogen-bond acceptors (Lipinski definition) is 5. The molecule has 2 fully saturated rings. The van der Waals surface area contributed by atoms with Crippen molar-refractivity contribution in [2.45, 2.75) is 37.8 Å². The molecule has 8 heteroatoms. The Kier molecular flexibility index (Phi) is 8.22. The quantitative estimate of drug-likeness (QED) is 0.834. The molecule has 1 aliphatic heterocycles. The van der Waals surface area contributed by atoms with Crippen LogP contribution in [0.4, 0.5) is 5.82 Å². The number of nitrogens with one attached hydrogen (secondary N) is 1. The molecule has 0 bridgehead atoms. The molecular weight excluding hydrogens is 351 g/mol. The second-order valence-electron chi connectivity index (χ2n) is 6.17. The van der Waals surface area contributed by atoms with Crippen LogP contribution in [-0.2, 0) is 16.1 Å². The number of aromatic nitrogens is 1. The van der Waals surface area contributed by atoms with E-state index in [4.69, 9.17) is 10.5 Å². The van der Waals surface area contributed by atoms with Crippen molar-refractivity contribution < 1.29 is 9.53 Å². The maximum Gasteiger partial charge on any atom is 0.240 e. The van der Waals surface area contributed by atoms with Crippen molar-refractivity contribution in [2.24, 2.45) is 5.73 Å². The lowest BCUT2D eigenvalue weighted by molar-refractivity contribution is -0.126. The molecule has 1 aromatic rings. The standard InChI is InChI=1S/C16H24N4O2.2ClH/c17-16(4-1-2-5-16)15(21)19-12-13-3-6-18-14(11-13)20-7-9-22-10-8-20;;/h3,6,11H,1-2,4-5,7-10,12,17H2,(H,19,21);2*1H. The fraction of sp³-hybridized carbons (Fsp3) is 0.625. The third kappa shape index (κ3) is 4.96. The van der Waals surface area contributed by atoms with Gasteiger partial charge in [-0.25, -0.2) is 4.98 Å². The molecule has 2 heterocycles. The highest BCUT2D eigenvalue weighted by Gasteiger charge is 2.36. The number of halogens is 2. The maximum atomic E-state index is 12.2. The van der Waals surface area contributed by atoms with Gasteiger partial charge in [0.2, 0.25) is 5.91 Å². The van der Waals surface area contributed by atoms with Gasteiger partial charge >= 0.3 is 0 Å². The fourth-order valence-electron chi connectivity index (χ4n) is 3.13. The zero-order valence-corrected chi connectivity index (χ0v) is 15.3. The molecule has 1 amide bonds. The number of carbonyl (C=O) groups excluding carboxylic acids is 1. The number of carbonyl (C=O) groups is 1. The molecule has 1 aromatic heterocycles. The number of amides is 1. The van der Waals surface area contributed by atoms with E-state index in [1.165, 1.54) is 0 Å². The van der Waals surface area contributed by atoms with Gasteiger partial charge in [-0.05, 0) is 30.5 Å². The summed E-state index contributed by atoms with van der Waals surface area (Å²) < 4.78 is 5.36. The van der Waals surface area contributed by atoms with Crippen LogP contribution in [0.25, 0.3) is 0 Å². The van der Waals surface area contributed by atoms with Crippen molar-refractivity contribution in [3.05, 3.63) is 23.9 Å². The van der Waals surface area contributed by atoms with Crippen molar-refractivity contribution in [3.8, 4) is 0 Å². The first-order valence-electron chi connectivity index (χ1n) is 8.02. The van der Waals surface area contributed by atoms with Crippen molar-refractivity contribution in [1.82, 2.24) is 10.3 Å². The van der Waals surface area contributed by atoms with Crippen LogP contribution in [0.15, 0.2) is 18.3 Å². The molecule has 1 saturated carbocycles. The lowest BCUT2D eigenvalue weighted by atomic mass is 9.98. The highest BCUT2D eigenvalue weighted by atomic mass is 35.5. The Morgan fingerprint density at radius 3 is 2.62 bits per heavy atom. The van der Waals surface area contributed by atoms with Crippen LogP contribution in [0.2, 0.25) is 0 Å². The van der Waals surface area contributed by atoms with Crippen molar-refractivity contribution in [3.63, 3.8) is 0 Å². The Balaban J connectivity index is 0.00000144. The predicted octanol–water partition coefficient (Wildman–Crippen LogP) is 1.65. The molecule has 1 saturated heterocycles. The first-order chi connectivity index (χ1) is 10.7. The van der Waals surface area contributed by atoms with Gasteiger partial charge in [-0.15, -0.1) is 24.8 Å². The van der Waals surface area contributed by atoms with Gasteiger partial charge in [-0.1, -0.05) is 12.8 Å². The van der Waals surface area contributed by atoms with Gasteiger partial charge in [-0.2, -0.15) is 0 Å². The smallest absolute Gasteiger partial charge is 0.240 e. The number of nitrogens with zero attached hydrogens (tertiary/aromatic N) is 2. The highest BCUT2D eigenvalue weighted by molar-refractivity contribution is 5.86. The number of rotatable bonds is 4. The predicted molar refractivity (Wildman–Crippen MR) is 99.0 cm³/mol. The average molecular weight is 377 g/mol. The zero-order chi connectivity index (χ0) is 15.4. The van der Waals surface area contributed by atoms with E-state index < -0.39 is 5.54 Å². The molecule has 0 atom stereocenters. The third-order valence-corrected chi connectivity index (χ3v) is 4.55. The topological polar surface area (TPSA) is 80.5 Å². The molecule has 0 aromatic carbocycles. The van der Waals surface area contributed by atoms with Gasteiger partial charge in [0.1, 0.15) is 5.82 Å². The van der Waals surface area contributed by atoms with E-state index in [9.17, 15) is 4.79 Å². The largest absolute Gasteiger partial charge is 0.378 e. The first-order valence-corrected chi connectivity index (χ1v) is 8.02. The highest BCUT2D eigenvalue weighted by Crippen LogP contribution is 2.27. The van der Waals surface area contributed by atoms with Crippen LogP contribution in [0.3, 0.4) is 0 Å². The minimum absolute atomic E-state index is 0. The number of morpholine rings is 1. The van der Waals surface area contributed by atoms with E-state index in [1.54, 1.807) is 6.20 Å². The van der Waals surface area contributed by atoms with Crippen LogP contribution in [0.5, 0.6) is 0 Å². The van der Waals surface area contributed by atoms with Crippen LogP contribution in [0.1, 0.15) is 31.2 Å². The zero-order valence-electron chi connectivity index (χ0n) is 13.7. The van der Waals surface area contributed by atoms with E-state index in [-0.39, 0.29) is 30.7 Å². The number of pyridine rings is 1. The third-order valence-electron chi connectivity index (χ3n) is 4.55. The number of ether oxygens (including phenoxy) is 1. The fourth-order valence-corrected chi connectivity index (χ4v) is 3.13. The Morgan fingerprint density at radius 2 is 1.96 bits per heavy atom. The van der Waals surface area contributed by atoms with Crippen molar-refractivity contribution in [1.29, 1.82) is 0 Å². The summed E-state index contributed by atoms with van der Waals surface area (Å²) in [4.78, 5) is 18.9. The number of hydrogen-bond donors (Lipinski definition) is 2. The molecule has 6 nitrogen and oxygen atoms in total. The molecule has 3 rings (SSSR count). The van der Waals surface area contributed by atoms with Gasteiger partial charge in [0, 0.05) is 25.8 Å². The molecular formula is C16H26Cl2N4O2. The summed E-state index contributed by atoms with van der Waals surface area (Å²) in [5.74, 6) is 0.910. The van der Waals surface area contributed by atoms with Crippen LogP contribution < -0.4 is 16.0 Å². The summed E-state index contributed by atoms with van der Waals surface area (Å²) in [7, 11) is 0. The van der Waals surface area contributed by atoms with Gasteiger partial charge in [0.15, 0.2) is 0 Å². The minimum Gasteiger partial charge on any atom is -0.378 e. The SMILES string of the molecule is Cl.Cl.NC1(C(=O)NCc2ccnc(N3CCOCC3)c2)CCCC1. The summed E-state index contributed by atoms with van der Waals surface area (Å²) >= 11 is 0. The van der Waals surface area contributed by atoms with Gasteiger partial charge < -0.3 is 20.7 Å². The molecule has 1 aliphatic carbocycles. The van der Waals surface area contributed by atoms with Gasteiger partial charge in [-0.3, -0.25) is 4.79 Å². The summed E-state index contributed by atoms with van der Waals surface area (Å²) in [6.45, 7) is 3.68. The lowest BCUT2D eigenvalue weighted by Crippen LogP contribution is -2.51. The van der Waals surface area contributed by atoms with Gasteiger partial charge in [0.05, 0.1) is 18.8 Å². The molecule has 2 aliphatic rings. The number of anilines is 1. The van der Waals surface area contributed by atoms with E-state index in [0.717, 1.165) is 63.4 Å². The summed E-state index contributed by atoms with van der Waals surface area (Å²) in [6.07, 6.45) is 5.45. The summed E-state index contributed by atoms with van der Waals surface area (Å²) in [5.41, 5.74) is 6.55. The van der Waals surface area contributed by atoms with Crippen LogP contribution in [0, 0.1) is 0 Å². The summed E-state index contributed by atoms with van der Waals surface area (Å²) in [5, 5.41) is 2.98. The molecule has 0 radical (unpaired) electrons. The van der Waals surface area contributed by atoms with E-state index >= 15 is 0 Å². The second kappa shape index (κ2) is 9.42. The van der Waals surface area contributed by atoms with E-state index in [1.807, 2.05) is 12.1 Å². The molecule has 24 heavy (non-hydrogen) atoms. The number of nitrogens with two attached hydrogens (primary N) is 1. The maximum absolute atomic E-state index is 12.2. The first kappa shape index (κ1) is 21.0. The monoisotopic (exact) mass is 376 g/mol. The van der Waals surface area contributed by atoms with E-state index in [0.29, 0.717) is 6.54 Å². The minimum atomic E-state index is -0.667. The van der Waals surface area contributed by atoms with Crippen LogP contribution in [-0.4, -0.2) is 42.7 Å². The second-order valence-corrected chi connectivity index (χ2v) is 6.17. The molecule has 0 unspecified atom stereocenters. The Labute approximate surface area is 155 Å². The average Bonchev–Trinajstić information content (AvgIpc) is 3.02. The lowest BCUT2D eigenvalue weighted by Gasteiger charge is -2.28. The Hall–Kier alpha value is -1.08. The van der Waals surface area contributed by atoms with Crippen molar-refractivity contribution in [2.75, 3.05) is 31.2 Å². The van der Waals surface area contributed by atoms with Crippen LogP contribution >= 0.6 is 24.8 Å². The normalized spacial score (nSPS) is 19.1. The van der Waals surface area contributed by atoms with Gasteiger partial charge in [0.25, 0.3) is 0 Å². The molecule has 0 spiro atoms. The van der Waals surface area contributed by atoms with E-state index in [2.05, 4.69) is 15.2 Å². The van der Waals surface area contributed by atoms with Crippen molar-refractivity contribution >= 4 is 36.5 Å². The Bertz CT molecular complexity index is 533. The molecule has 3 N–H and O–H groups in total. The Morgan fingerprint density at radius 1 is 1.29 bits per heavy atom. The summed E-state index contributed by atoms with van der Waals surface area (Å²) in [6, 6.07) is 3.96.